The van der Waals surface area contributed by atoms with E-state index in [-0.39, 0.29) is 18.0 Å². The summed E-state index contributed by atoms with van der Waals surface area (Å²) in [6.45, 7) is 0.106. The normalized spacial score (nSPS) is 9.78. The van der Waals surface area contributed by atoms with Gasteiger partial charge in [0.1, 0.15) is 6.61 Å². The van der Waals surface area contributed by atoms with Gasteiger partial charge in [-0.25, -0.2) is 4.39 Å². The number of hydrogen-bond acceptors (Lipinski definition) is 3. The molecular formula is C14H11FN2O. The van der Waals surface area contributed by atoms with Gasteiger partial charge in [0.2, 0.25) is 0 Å². The molecule has 3 nitrogen and oxygen atoms in total. The van der Waals surface area contributed by atoms with E-state index in [1.165, 1.54) is 12.1 Å². The van der Waals surface area contributed by atoms with Crippen LogP contribution in [0.1, 0.15) is 11.1 Å². The molecule has 0 bridgehead atoms. The highest BCUT2D eigenvalue weighted by molar-refractivity contribution is 5.53. The first-order valence-electron chi connectivity index (χ1n) is 5.37. The maximum Gasteiger partial charge on any atom is 0.178 e. The van der Waals surface area contributed by atoms with Gasteiger partial charge in [-0.15, -0.1) is 0 Å². The second-order valence-corrected chi connectivity index (χ2v) is 3.72. The molecule has 0 heterocycles. The lowest BCUT2D eigenvalue weighted by Gasteiger charge is -2.10. The van der Waals surface area contributed by atoms with Crippen molar-refractivity contribution in [3.63, 3.8) is 0 Å². The second-order valence-electron chi connectivity index (χ2n) is 3.72. The first-order chi connectivity index (χ1) is 8.72. The SMILES string of the molecule is N#Cc1ccccc1COc1c(N)cccc1F. The van der Waals surface area contributed by atoms with Gasteiger partial charge in [-0.3, -0.25) is 0 Å². The molecule has 0 saturated carbocycles. The summed E-state index contributed by atoms with van der Waals surface area (Å²) in [5.74, 6) is -0.491. The number of nitrogens with zero attached hydrogens (tertiary/aromatic N) is 1. The lowest BCUT2D eigenvalue weighted by Crippen LogP contribution is -2.02. The Bertz CT molecular complexity index is 585. The predicted octanol–water partition coefficient (Wildman–Crippen LogP) is 2.86. The molecule has 18 heavy (non-hydrogen) atoms. The number of halogens is 1. The molecule has 0 saturated heterocycles. The summed E-state index contributed by atoms with van der Waals surface area (Å²) in [5, 5.41) is 8.92. The smallest absolute Gasteiger partial charge is 0.178 e. The molecule has 0 atom stereocenters. The van der Waals surface area contributed by atoms with Crippen LogP contribution in [0.5, 0.6) is 5.75 Å². The van der Waals surface area contributed by atoms with Gasteiger partial charge >= 0.3 is 0 Å². The Balaban J connectivity index is 2.20. The van der Waals surface area contributed by atoms with Crippen LogP contribution in [0.2, 0.25) is 0 Å². The molecule has 0 spiro atoms. The zero-order valence-electron chi connectivity index (χ0n) is 9.56. The van der Waals surface area contributed by atoms with E-state index >= 15 is 0 Å². The van der Waals surface area contributed by atoms with Crippen molar-refractivity contribution in [3.8, 4) is 11.8 Å². The summed E-state index contributed by atoms with van der Waals surface area (Å²) >= 11 is 0. The number of para-hydroxylation sites is 1. The van der Waals surface area contributed by atoms with Gasteiger partial charge in [0, 0.05) is 5.56 Å². The molecule has 0 aromatic heterocycles. The fourth-order valence-corrected chi connectivity index (χ4v) is 1.58. The van der Waals surface area contributed by atoms with Crippen LogP contribution in [-0.4, -0.2) is 0 Å². The number of nitriles is 1. The van der Waals surface area contributed by atoms with Gasteiger partial charge < -0.3 is 10.5 Å². The first-order valence-corrected chi connectivity index (χ1v) is 5.37. The van der Waals surface area contributed by atoms with Crippen molar-refractivity contribution < 1.29 is 9.13 Å². The molecule has 0 aliphatic heterocycles. The topological polar surface area (TPSA) is 59.0 Å². The summed E-state index contributed by atoms with van der Waals surface area (Å²) in [7, 11) is 0. The number of rotatable bonds is 3. The van der Waals surface area contributed by atoms with Crippen molar-refractivity contribution in [2.24, 2.45) is 0 Å². The summed E-state index contributed by atoms with van der Waals surface area (Å²) in [5.41, 5.74) is 7.07. The van der Waals surface area contributed by atoms with Crippen molar-refractivity contribution in [1.82, 2.24) is 0 Å². The zero-order valence-corrected chi connectivity index (χ0v) is 9.56. The first kappa shape index (κ1) is 11.9. The van der Waals surface area contributed by atoms with Crippen molar-refractivity contribution in [1.29, 1.82) is 5.26 Å². The fourth-order valence-electron chi connectivity index (χ4n) is 1.58. The highest BCUT2D eigenvalue weighted by atomic mass is 19.1. The molecule has 0 amide bonds. The number of nitrogens with two attached hydrogens (primary N) is 1. The van der Waals surface area contributed by atoms with Crippen molar-refractivity contribution in [2.45, 2.75) is 6.61 Å². The molecule has 0 aliphatic carbocycles. The summed E-state index contributed by atoms with van der Waals surface area (Å²) in [6.07, 6.45) is 0. The molecule has 0 radical (unpaired) electrons. The van der Waals surface area contributed by atoms with E-state index in [0.717, 1.165) is 0 Å². The average molecular weight is 242 g/mol. The number of hydrogen-bond donors (Lipinski definition) is 1. The summed E-state index contributed by atoms with van der Waals surface area (Å²) in [4.78, 5) is 0. The molecule has 2 aromatic rings. The van der Waals surface area contributed by atoms with Crippen LogP contribution in [0.15, 0.2) is 42.5 Å². The second kappa shape index (κ2) is 5.19. The molecule has 2 N–H and O–H groups in total. The minimum absolute atomic E-state index is 0.0187. The monoisotopic (exact) mass is 242 g/mol. The zero-order chi connectivity index (χ0) is 13.0. The Morgan fingerprint density at radius 3 is 2.67 bits per heavy atom. The lowest BCUT2D eigenvalue weighted by molar-refractivity contribution is 0.292. The quantitative estimate of drug-likeness (QED) is 0.842. The van der Waals surface area contributed by atoms with E-state index in [2.05, 4.69) is 6.07 Å². The molecule has 0 fully saturated rings. The Morgan fingerprint density at radius 1 is 1.17 bits per heavy atom. The van der Waals surface area contributed by atoms with Crippen molar-refractivity contribution in [3.05, 3.63) is 59.4 Å². The maximum atomic E-state index is 13.5. The predicted molar refractivity (Wildman–Crippen MR) is 66.3 cm³/mol. The van der Waals surface area contributed by atoms with Crippen LogP contribution in [0.25, 0.3) is 0 Å². The number of nitrogen functional groups attached to an aromatic ring is 1. The molecule has 2 aromatic carbocycles. The summed E-state index contributed by atoms with van der Waals surface area (Å²) in [6, 6.07) is 13.4. The van der Waals surface area contributed by atoms with Gasteiger partial charge in [0.25, 0.3) is 0 Å². The maximum absolute atomic E-state index is 13.5. The van der Waals surface area contributed by atoms with Crippen LogP contribution in [-0.2, 0) is 6.61 Å². The van der Waals surface area contributed by atoms with Crippen molar-refractivity contribution >= 4 is 5.69 Å². The van der Waals surface area contributed by atoms with Gasteiger partial charge in [-0.2, -0.15) is 5.26 Å². The molecule has 4 heteroatoms. The number of benzene rings is 2. The Kier molecular flexibility index (Phi) is 3.44. The van der Waals surface area contributed by atoms with Crippen LogP contribution in [0, 0.1) is 17.1 Å². The van der Waals surface area contributed by atoms with E-state index in [0.29, 0.717) is 11.1 Å². The van der Waals surface area contributed by atoms with E-state index in [1.54, 1.807) is 30.3 Å². The van der Waals surface area contributed by atoms with Gasteiger partial charge in [-0.05, 0) is 18.2 Å². The Morgan fingerprint density at radius 2 is 1.94 bits per heavy atom. The number of ether oxygens (including phenoxy) is 1. The van der Waals surface area contributed by atoms with E-state index in [4.69, 9.17) is 15.7 Å². The Labute approximate surface area is 104 Å². The average Bonchev–Trinajstić information content (AvgIpc) is 2.38. The fraction of sp³-hybridized carbons (Fsp3) is 0.0714. The van der Waals surface area contributed by atoms with Gasteiger partial charge in [0.05, 0.1) is 17.3 Å². The lowest BCUT2D eigenvalue weighted by atomic mass is 10.1. The van der Waals surface area contributed by atoms with Gasteiger partial charge in [0.15, 0.2) is 11.6 Å². The van der Waals surface area contributed by atoms with Gasteiger partial charge in [-0.1, -0.05) is 24.3 Å². The van der Waals surface area contributed by atoms with Crippen LogP contribution in [0.3, 0.4) is 0 Å². The van der Waals surface area contributed by atoms with Crippen LogP contribution >= 0.6 is 0 Å². The van der Waals surface area contributed by atoms with Crippen molar-refractivity contribution in [2.75, 3.05) is 5.73 Å². The standard InChI is InChI=1S/C14H11FN2O/c15-12-6-3-7-13(17)14(12)18-9-11-5-2-1-4-10(11)8-16/h1-7H,9,17H2. The van der Waals surface area contributed by atoms with Crippen LogP contribution < -0.4 is 10.5 Å². The molecule has 2 rings (SSSR count). The largest absolute Gasteiger partial charge is 0.484 e. The highest BCUT2D eigenvalue weighted by Crippen LogP contribution is 2.25. The minimum Gasteiger partial charge on any atom is -0.484 e. The van der Waals surface area contributed by atoms with E-state index in [1.807, 2.05) is 0 Å². The third-order valence-electron chi connectivity index (χ3n) is 2.51. The van der Waals surface area contributed by atoms with E-state index in [9.17, 15) is 4.39 Å². The highest BCUT2D eigenvalue weighted by Gasteiger charge is 2.08. The Hall–Kier alpha value is -2.54. The third-order valence-corrected chi connectivity index (χ3v) is 2.51. The number of anilines is 1. The molecular weight excluding hydrogens is 231 g/mol. The third kappa shape index (κ3) is 2.41. The molecule has 90 valence electrons. The minimum atomic E-state index is -0.510. The molecule has 0 unspecified atom stereocenters. The summed E-state index contributed by atoms with van der Waals surface area (Å²) < 4.78 is 18.8. The van der Waals surface area contributed by atoms with Crippen LogP contribution in [0.4, 0.5) is 10.1 Å². The molecule has 0 aliphatic rings. The van der Waals surface area contributed by atoms with E-state index < -0.39 is 5.82 Å².